The number of rotatable bonds is 2. The second-order valence-corrected chi connectivity index (χ2v) is 4.72. The minimum absolute atomic E-state index is 0.151. The quantitative estimate of drug-likeness (QED) is 0.905. The van der Waals surface area contributed by atoms with E-state index in [2.05, 4.69) is 4.98 Å². The normalized spacial score (nSPS) is 14.5. The lowest BCUT2D eigenvalue weighted by Gasteiger charge is -2.15. The van der Waals surface area contributed by atoms with E-state index >= 15 is 0 Å². The van der Waals surface area contributed by atoms with Crippen LogP contribution in [0, 0.1) is 11.6 Å². The zero-order valence-electron chi connectivity index (χ0n) is 10.4. The van der Waals surface area contributed by atoms with Crippen molar-refractivity contribution in [3.05, 3.63) is 41.4 Å². The van der Waals surface area contributed by atoms with Gasteiger partial charge in [-0.15, -0.1) is 0 Å². The summed E-state index contributed by atoms with van der Waals surface area (Å²) < 4.78 is 28.3. The van der Waals surface area contributed by atoms with Gasteiger partial charge in [0.05, 0.1) is 18.0 Å². The highest BCUT2D eigenvalue weighted by Crippen LogP contribution is 2.28. The van der Waals surface area contributed by atoms with Gasteiger partial charge in [0.15, 0.2) is 11.6 Å². The highest BCUT2D eigenvalue weighted by atomic mass is 19.2. The van der Waals surface area contributed by atoms with E-state index in [1.165, 1.54) is 6.07 Å². The van der Waals surface area contributed by atoms with Crippen LogP contribution in [0.4, 0.5) is 8.78 Å². The lowest BCUT2D eigenvalue weighted by atomic mass is 10.1. The van der Waals surface area contributed by atoms with E-state index in [1.807, 2.05) is 4.57 Å². The van der Waals surface area contributed by atoms with Crippen molar-refractivity contribution in [3.8, 4) is 11.3 Å². The first-order valence-electron chi connectivity index (χ1n) is 6.35. The number of aliphatic hydroxyl groups excluding tert-OH is 1. The maximum Gasteiger partial charge on any atom is 0.159 e. The minimum atomic E-state index is -0.896. The molecule has 0 atom stereocenters. The second-order valence-electron chi connectivity index (χ2n) is 4.72. The Balaban J connectivity index is 2.13. The van der Waals surface area contributed by atoms with Crippen molar-refractivity contribution in [2.75, 3.05) is 0 Å². The van der Waals surface area contributed by atoms with Gasteiger partial charge in [0, 0.05) is 18.5 Å². The smallest absolute Gasteiger partial charge is 0.159 e. The van der Waals surface area contributed by atoms with E-state index in [0.29, 0.717) is 17.0 Å². The van der Waals surface area contributed by atoms with Crippen molar-refractivity contribution in [1.82, 2.24) is 9.55 Å². The summed E-state index contributed by atoms with van der Waals surface area (Å²) in [5.74, 6) is -0.860. The fourth-order valence-corrected chi connectivity index (χ4v) is 2.58. The van der Waals surface area contributed by atoms with Crippen LogP contribution in [0.2, 0.25) is 0 Å². The third kappa shape index (κ3) is 2.04. The van der Waals surface area contributed by atoms with Crippen LogP contribution in [-0.4, -0.2) is 14.7 Å². The second kappa shape index (κ2) is 4.74. The van der Waals surface area contributed by atoms with Crippen molar-refractivity contribution in [2.24, 2.45) is 0 Å². The summed E-state index contributed by atoms with van der Waals surface area (Å²) in [6, 6.07) is 3.71. The third-order valence-electron chi connectivity index (χ3n) is 3.53. The van der Waals surface area contributed by atoms with Gasteiger partial charge in [-0.1, -0.05) is 0 Å². The number of imidazole rings is 1. The van der Waals surface area contributed by atoms with E-state index < -0.39 is 11.6 Å². The molecule has 2 heterocycles. The van der Waals surface area contributed by atoms with E-state index in [1.54, 1.807) is 0 Å². The molecule has 0 radical (unpaired) electrons. The van der Waals surface area contributed by atoms with Gasteiger partial charge in [-0.25, -0.2) is 13.8 Å². The molecule has 100 valence electrons. The Kier molecular flexibility index (Phi) is 3.06. The molecule has 1 aromatic heterocycles. The Labute approximate surface area is 109 Å². The molecule has 0 spiro atoms. The molecule has 5 heteroatoms. The Morgan fingerprint density at radius 2 is 2.05 bits per heavy atom. The molecule has 3 nitrogen and oxygen atoms in total. The molecule has 1 aliphatic rings. The summed E-state index contributed by atoms with van der Waals surface area (Å²) in [6.07, 6.45) is 2.98. The number of aliphatic hydroxyl groups is 1. The van der Waals surface area contributed by atoms with Crippen LogP contribution in [0.1, 0.15) is 24.4 Å². The monoisotopic (exact) mass is 264 g/mol. The van der Waals surface area contributed by atoms with Gasteiger partial charge in [0.2, 0.25) is 0 Å². The molecule has 1 aromatic carbocycles. The first-order valence-corrected chi connectivity index (χ1v) is 6.35. The number of fused-ring (bicyclic) bond motifs is 1. The van der Waals surface area contributed by atoms with Crippen molar-refractivity contribution in [1.29, 1.82) is 0 Å². The predicted molar refractivity (Wildman–Crippen MR) is 66.4 cm³/mol. The Hall–Kier alpha value is -1.75. The molecule has 0 saturated carbocycles. The number of hydrogen-bond acceptors (Lipinski definition) is 2. The molecule has 0 aliphatic carbocycles. The maximum atomic E-state index is 13.3. The average Bonchev–Trinajstić information content (AvgIpc) is 2.80. The molecule has 0 saturated heterocycles. The lowest BCUT2D eigenvalue weighted by Crippen LogP contribution is -2.13. The van der Waals surface area contributed by atoms with Crippen molar-refractivity contribution in [2.45, 2.75) is 32.4 Å². The van der Waals surface area contributed by atoms with Crippen LogP contribution in [-0.2, 0) is 19.6 Å². The first kappa shape index (κ1) is 12.3. The molecule has 2 aromatic rings. The average molecular weight is 264 g/mol. The SMILES string of the molecule is OCc1c(-c2ccc(F)c(F)c2)nc2n1CCCC2. The Morgan fingerprint density at radius 1 is 1.21 bits per heavy atom. The van der Waals surface area contributed by atoms with Gasteiger partial charge in [-0.3, -0.25) is 0 Å². The number of aryl methyl sites for hydroxylation is 1. The van der Waals surface area contributed by atoms with Crippen LogP contribution < -0.4 is 0 Å². The maximum absolute atomic E-state index is 13.3. The van der Waals surface area contributed by atoms with Crippen LogP contribution in [0.15, 0.2) is 18.2 Å². The highest BCUT2D eigenvalue weighted by molar-refractivity contribution is 5.62. The van der Waals surface area contributed by atoms with Gasteiger partial charge < -0.3 is 9.67 Å². The number of aromatic nitrogens is 2. The molecule has 1 aliphatic heterocycles. The van der Waals surface area contributed by atoms with Gasteiger partial charge >= 0.3 is 0 Å². The number of hydrogen-bond donors (Lipinski definition) is 1. The van der Waals surface area contributed by atoms with Crippen LogP contribution in [0.3, 0.4) is 0 Å². The van der Waals surface area contributed by atoms with E-state index in [9.17, 15) is 13.9 Å². The largest absolute Gasteiger partial charge is 0.390 e. The fraction of sp³-hybridized carbons (Fsp3) is 0.357. The topological polar surface area (TPSA) is 38.1 Å². The molecule has 0 amide bonds. The number of nitrogens with zero attached hydrogens (tertiary/aromatic N) is 2. The van der Waals surface area contributed by atoms with Crippen molar-refractivity contribution >= 4 is 0 Å². The lowest BCUT2D eigenvalue weighted by molar-refractivity contribution is 0.268. The van der Waals surface area contributed by atoms with Gasteiger partial charge in [-0.05, 0) is 31.0 Å². The number of benzene rings is 1. The standard InChI is InChI=1S/C14H14F2N2O/c15-10-5-4-9(7-11(10)16)14-12(8-19)18-6-2-1-3-13(18)17-14/h4-5,7,19H,1-3,6,8H2. The zero-order chi connectivity index (χ0) is 13.4. The van der Waals surface area contributed by atoms with Crippen molar-refractivity contribution < 1.29 is 13.9 Å². The third-order valence-corrected chi connectivity index (χ3v) is 3.53. The molecule has 0 bridgehead atoms. The summed E-state index contributed by atoms with van der Waals surface area (Å²) in [4.78, 5) is 4.48. The molecular weight excluding hydrogens is 250 g/mol. The molecule has 19 heavy (non-hydrogen) atoms. The van der Waals surface area contributed by atoms with Crippen LogP contribution in [0.25, 0.3) is 11.3 Å². The number of halogens is 2. The summed E-state index contributed by atoms with van der Waals surface area (Å²) in [5.41, 5.74) is 1.74. The first-order chi connectivity index (χ1) is 9.20. The Bertz CT molecular complexity index is 622. The summed E-state index contributed by atoms with van der Waals surface area (Å²) in [7, 11) is 0. The van der Waals surface area contributed by atoms with E-state index in [0.717, 1.165) is 43.8 Å². The summed E-state index contributed by atoms with van der Waals surface area (Å²) in [5, 5.41) is 9.52. The summed E-state index contributed by atoms with van der Waals surface area (Å²) in [6.45, 7) is 0.670. The molecule has 3 rings (SSSR count). The van der Waals surface area contributed by atoms with E-state index in [4.69, 9.17) is 0 Å². The summed E-state index contributed by atoms with van der Waals surface area (Å²) >= 11 is 0. The highest BCUT2D eigenvalue weighted by Gasteiger charge is 2.20. The molecular formula is C14H14F2N2O. The Morgan fingerprint density at radius 3 is 2.79 bits per heavy atom. The fourth-order valence-electron chi connectivity index (χ4n) is 2.58. The minimum Gasteiger partial charge on any atom is -0.390 e. The van der Waals surface area contributed by atoms with Crippen LogP contribution in [0.5, 0.6) is 0 Å². The zero-order valence-corrected chi connectivity index (χ0v) is 10.4. The van der Waals surface area contributed by atoms with Gasteiger partial charge in [0.1, 0.15) is 5.82 Å². The van der Waals surface area contributed by atoms with Crippen LogP contribution >= 0.6 is 0 Å². The molecule has 1 N–H and O–H groups in total. The predicted octanol–water partition coefficient (Wildman–Crippen LogP) is 2.66. The van der Waals surface area contributed by atoms with Crippen molar-refractivity contribution in [3.63, 3.8) is 0 Å². The van der Waals surface area contributed by atoms with E-state index in [-0.39, 0.29) is 6.61 Å². The van der Waals surface area contributed by atoms with Gasteiger partial charge in [-0.2, -0.15) is 0 Å². The molecule has 0 fully saturated rings. The van der Waals surface area contributed by atoms with Gasteiger partial charge in [0.25, 0.3) is 0 Å². The molecule has 0 unspecified atom stereocenters.